The Bertz CT molecular complexity index is 399. The molecule has 0 aliphatic heterocycles. The zero-order valence-corrected chi connectivity index (χ0v) is 8.62. The van der Waals surface area contributed by atoms with Crippen LogP contribution in [0.4, 0.5) is 11.4 Å². The molecule has 0 saturated carbocycles. The lowest BCUT2D eigenvalue weighted by Gasteiger charge is -2.16. The molecular formula is C8H11N5OS. The molecule has 0 radical (unpaired) electrons. The molecule has 0 aliphatic carbocycles. The van der Waals surface area contributed by atoms with Crippen molar-refractivity contribution in [1.29, 1.82) is 0 Å². The first-order valence-electron chi connectivity index (χ1n) is 3.97. The number of benzene rings is 1. The first-order chi connectivity index (χ1) is 6.95. The van der Waals surface area contributed by atoms with Gasteiger partial charge in [0.25, 0.3) is 5.91 Å². The number of nitrogens with two attached hydrogens (primary N) is 4. The number of hydrogen-bond acceptors (Lipinski definition) is 5. The van der Waals surface area contributed by atoms with Crippen molar-refractivity contribution >= 4 is 34.6 Å². The molecule has 0 aliphatic rings. The molecular weight excluding hydrogens is 214 g/mol. The summed E-state index contributed by atoms with van der Waals surface area (Å²) in [5.74, 6) is 4.71. The Morgan fingerprint density at radius 2 is 1.73 bits per heavy atom. The van der Waals surface area contributed by atoms with Gasteiger partial charge in [-0.3, -0.25) is 4.79 Å². The molecule has 0 bridgehead atoms. The Hall–Kier alpha value is -1.86. The summed E-state index contributed by atoms with van der Waals surface area (Å²) in [7, 11) is 0. The minimum Gasteiger partial charge on any atom is -0.398 e. The molecule has 1 aromatic rings. The maximum atomic E-state index is 11.7. The highest BCUT2D eigenvalue weighted by atomic mass is 32.1. The summed E-state index contributed by atoms with van der Waals surface area (Å²) in [4.78, 5) is 11.7. The van der Waals surface area contributed by atoms with Crippen LogP contribution in [-0.2, 0) is 0 Å². The van der Waals surface area contributed by atoms with Gasteiger partial charge < -0.3 is 17.2 Å². The summed E-state index contributed by atoms with van der Waals surface area (Å²) in [5, 5.41) is 0.375. The lowest BCUT2D eigenvalue weighted by molar-refractivity contribution is 0.0850. The van der Waals surface area contributed by atoms with Crippen molar-refractivity contribution in [2.45, 2.75) is 0 Å². The lowest BCUT2D eigenvalue weighted by atomic mass is 10.1. The Kier molecular flexibility index (Phi) is 3.08. The highest BCUT2D eigenvalue weighted by molar-refractivity contribution is 7.80. The molecule has 1 rings (SSSR count). The van der Waals surface area contributed by atoms with Gasteiger partial charge in [-0.25, -0.2) is 10.9 Å². The number of rotatable bonds is 1. The number of carbonyl (C=O) groups is 1. The van der Waals surface area contributed by atoms with Gasteiger partial charge in [-0.1, -0.05) is 6.07 Å². The minimum atomic E-state index is -0.627. The van der Waals surface area contributed by atoms with E-state index < -0.39 is 5.91 Å². The molecule has 6 nitrogen and oxygen atoms in total. The van der Waals surface area contributed by atoms with E-state index >= 15 is 0 Å². The lowest BCUT2D eigenvalue weighted by Crippen LogP contribution is -2.46. The highest BCUT2D eigenvalue weighted by Crippen LogP contribution is 2.20. The predicted octanol–water partition coefficient (Wildman–Crippen LogP) is -0.589. The van der Waals surface area contributed by atoms with Crippen LogP contribution in [0, 0.1) is 0 Å². The van der Waals surface area contributed by atoms with Gasteiger partial charge in [-0.05, 0) is 24.4 Å². The summed E-state index contributed by atoms with van der Waals surface area (Å²) in [6.07, 6.45) is 0. The van der Waals surface area contributed by atoms with E-state index in [2.05, 4.69) is 12.2 Å². The third-order valence-corrected chi connectivity index (χ3v) is 2.00. The van der Waals surface area contributed by atoms with E-state index in [1.54, 1.807) is 6.07 Å². The van der Waals surface area contributed by atoms with Gasteiger partial charge in [0.1, 0.15) is 0 Å². The van der Waals surface area contributed by atoms with Crippen molar-refractivity contribution in [2.75, 3.05) is 11.5 Å². The predicted molar refractivity (Wildman–Crippen MR) is 62.4 cm³/mol. The van der Waals surface area contributed by atoms with Crippen LogP contribution in [0.15, 0.2) is 18.2 Å². The van der Waals surface area contributed by atoms with E-state index in [9.17, 15) is 4.79 Å². The number of amides is 1. The average Bonchev–Trinajstić information content (AvgIpc) is 2.15. The molecule has 8 N–H and O–H groups in total. The van der Waals surface area contributed by atoms with Crippen molar-refractivity contribution in [1.82, 2.24) is 5.01 Å². The van der Waals surface area contributed by atoms with Crippen molar-refractivity contribution in [2.24, 2.45) is 11.6 Å². The largest absolute Gasteiger partial charge is 0.398 e. The van der Waals surface area contributed by atoms with Crippen LogP contribution in [-0.4, -0.2) is 16.0 Å². The number of hydrogen-bond donors (Lipinski definition) is 4. The molecule has 0 atom stereocenters. The Morgan fingerprint density at radius 1 is 1.27 bits per heavy atom. The third kappa shape index (κ3) is 2.14. The van der Waals surface area contributed by atoms with E-state index in [1.807, 2.05) is 0 Å². The fourth-order valence-corrected chi connectivity index (χ4v) is 1.14. The zero-order chi connectivity index (χ0) is 11.6. The summed E-state index contributed by atoms with van der Waals surface area (Å²) in [5.41, 5.74) is 17.0. The van der Waals surface area contributed by atoms with Crippen LogP contribution >= 0.6 is 12.2 Å². The van der Waals surface area contributed by atoms with Crippen LogP contribution in [0.3, 0.4) is 0 Å². The second kappa shape index (κ2) is 4.11. The molecule has 7 heteroatoms. The second-order valence-corrected chi connectivity index (χ2v) is 3.24. The van der Waals surface area contributed by atoms with E-state index in [4.69, 9.17) is 23.0 Å². The van der Waals surface area contributed by atoms with E-state index in [0.717, 1.165) is 0 Å². The second-order valence-electron chi connectivity index (χ2n) is 2.82. The number of hydrazine groups is 1. The molecule has 0 heterocycles. The Balaban J connectivity index is 3.17. The van der Waals surface area contributed by atoms with Gasteiger partial charge in [-0.2, -0.15) is 0 Å². The molecule has 1 aromatic carbocycles. The summed E-state index contributed by atoms with van der Waals surface area (Å²) < 4.78 is 0. The molecule has 0 spiro atoms. The molecule has 15 heavy (non-hydrogen) atoms. The fraction of sp³-hybridized carbons (Fsp3) is 0. The molecule has 0 unspecified atom stereocenters. The van der Waals surface area contributed by atoms with Gasteiger partial charge in [-0.15, -0.1) is 0 Å². The number of nitrogen functional groups attached to an aromatic ring is 2. The van der Waals surface area contributed by atoms with Crippen LogP contribution in [0.5, 0.6) is 0 Å². The fourth-order valence-electron chi connectivity index (χ4n) is 1.06. The topological polar surface area (TPSA) is 124 Å². The molecule has 0 saturated heterocycles. The summed E-state index contributed by atoms with van der Waals surface area (Å²) in [6.45, 7) is 0. The SMILES string of the molecule is NC(=S)N(N)C(=O)c1c(N)cccc1N. The van der Waals surface area contributed by atoms with Crippen molar-refractivity contribution < 1.29 is 4.79 Å². The quantitative estimate of drug-likeness (QED) is 0.166. The number of thiocarbonyl (C=S) groups is 1. The normalized spacial score (nSPS) is 9.67. The van der Waals surface area contributed by atoms with Crippen LogP contribution < -0.4 is 23.0 Å². The number of anilines is 2. The number of nitrogens with zero attached hydrogens (tertiary/aromatic N) is 1. The van der Waals surface area contributed by atoms with Crippen molar-refractivity contribution in [3.63, 3.8) is 0 Å². The highest BCUT2D eigenvalue weighted by Gasteiger charge is 2.19. The van der Waals surface area contributed by atoms with Gasteiger partial charge in [0.15, 0.2) is 5.11 Å². The van der Waals surface area contributed by atoms with E-state index in [0.29, 0.717) is 5.01 Å². The monoisotopic (exact) mass is 225 g/mol. The van der Waals surface area contributed by atoms with Crippen LogP contribution in [0.1, 0.15) is 10.4 Å². The summed E-state index contributed by atoms with van der Waals surface area (Å²) >= 11 is 4.56. The molecule has 1 amide bonds. The van der Waals surface area contributed by atoms with Gasteiger partial charge in [0.2, 0.25) is 0 Å². The smallest absolute Gasteiger partial charge is 0.278 e. The molecule has 80 valence electrons. The molecule has 0 fully saturated rings. The maximum Gasteiger partial charge on any atom is 0.278 e. The number of carbonyl (C=O) groups excluding carboxylic acids is 1. The van der Waals surface area contributed by atoms with Gasteiger partial charge in [0, 0.05) is 11.4 Å². The molecule has 0 aromatic heterocycles. The van der Waals surface area contributed by atoms with Crippen LogP contribution in [0.25, 0.3) is 0 Å². The Labute approximate surface area is 91.8 Å². The van der Waals surface area contributed by atoms with Gasteiger partial charge in [0.05, 0.1) is 5.56 Å². The zero-order valence-electron chi connectivity index (χ0n) is 7.81. The maximum absolute atomic E-state index is 11.7. The van der Waals surface area contributed by atoms with E-state index in [-0.39, 0.29) is 22.1 Å². The van der Waals surface area contributed by atoms with E-state index in [1.165, 1.54) is 12.1 Å². The van der Waals surface area contributed by atoms with Crippen molar-refractivity contribution in [3.05, 3.63) is 23.8 Å². The van der Waals surface area contributed by atoms with Crippen molar-refractivity contribution in [3.8, 4) is 0 Å². The standard InChI is InChI=1S/C8H11N5OS/c9-4-2-1-3-5(10)6(4)7(14)13(12)8(11)15/h1-3H,9-10,12H2,(H2,11,15). The first-order valence-corrected chi connectivity index (χ1v) is 4.38. The summed E-state index contributed by atoms with van der Waals surface area (Å²) in [6, 6.07) is 4.71. The average molecular weight is 225 g/mol. The first kappa shape index (κ1) is 11.2. The van der Waals surface area contributed by atoms with Crippen LogP contribution in [0.2, 0.25) is 0 Å². The van der Waals surface area contributed by atoms with Gasteiger partial charge >= 0.3 is 0 Å². The third-order valence-electron chi connectivity index (χ3n) is 1.80. The minimum absolute atomic E-state index is 0.104. The Morgan fingerprint density at radius 3 is 2.13 bits per heavy atom.